The highest BCUT2D eigenvalue weighted by Crippen LogP contribution is 2.68. The first-order valence-corrected chi connectivity index (χ1v) is 11.6. The van der Waals surface area contributed by atoms with Crippen LogP contribution in [0.1, 0.15) is 19.3 Å². The van der Waals surface area contributed by atoms with Crippen LogP contribution in [0.4, 0.5) is 0 Å². The predicted molar refractivity (Wildman–Crippen MR) is 87.0 cm³/mol. The van der Waals surface area contributed by atoms with Crippen LogP contribution in [-0.4, -0.2) is 12.8 Å². The molecule has 0 spiro atoms. The Hall–Kier alpha value is -0.653. The van der Waals surface area contributed by atoms with Gasteiger partial charge >= 0.3 is 0 Å². The molecule has 0 N–H and O–H groups in total. The quantitative estimate of drug-likeness (QED) is 0.554. The van der Waals surface area contributed by atoms with Crippen LogP contribution in [0.3, 0.4) is 0 Å². The molecule has 100 valence electrons. The second kappa shape index (κ2) is 4.72. The molecule has 0 aromatic heterocycles. The van der Waals surface area contributed by atoms with Gasteiger partial charge in [-0.25, -0.2) is 0 Å². The third-order valence-corrected chi connectivity index (χ3v) is 6.60. The average molecular weight is 287 g/mol. The van der Waals surface area contributed by atoms with Crippen LogP contribution in [0.5, 0.6) is 0 Å². The summed E-state index contributed by atoms with van der Waals surface area (Å²) < 4.78 is 0.264. The van der Waals surface area contributed by atoms with E-state index in [2.05, 4.69) is 61.4 Å². The van der Waals surface area contributed by atoms with Gasteiger partial charge in [-0.3, -0.25) is 0 Å². The van der Waals surface area contributed by atoms with Crippen molar-refractivity contribution < 1.29 is 0 Å². The van der Waals surface area contributed by atoms with E-state index in [1.54, 1.807) is 0 Å². The van der Waals surface area contributed by atoms with E-state index in [0.29, 0.717) is 0 Å². The lowest BCUT2D eigenvalue weighted by atomic mass is 10.1. The minimum Gasteiger partial charge on any atom is -0.131 e. The zero-order valence-electron chi connectivity index (χ0n) is 12.1. The molecular formula is C17H22SSi. The maximum absolute atomic E-state index is 3.74. The Labute approximate surface area is 122 Å². The highest BCUT2D eigenvalue weighted by molar-refractivity contribution is 8.01. The zero-order chi connectivity index (χ0) is 13.5. The Kier molecular flexibility index (Phi) is 3.31. The molecule has 19 heavy (non-hydrogen) atoms. The fourth-order valence-electron chi connectivity index (χ4n) is 3.23. The van der Waals surface area contributed by atoms with E-state index in [0.717, 1.165) is 11.8 Å². The molecular weight excluding hydrogens is 264 g/mol. The van der Waals surface area contributed by atoms with Crippen LogP contribution in [-0.2, 0) is 0 Å². The van der Waals surface area contributed by atoms with Crippen molar-refractivity contribution in [2.24, 2.45) is 11.8 Å². The molecule has 2 atom stereocenters. The molecule has 2 heteroatoms. The molecule has 0 saturated heterocycles. The molecule has 0 heterocycles. The Morgan fingerprint density at radius 1 is 1.11 bits per heavy atom. The van der Waals surface area contributed by atoms with E-state index in [9.17, 15) is 0 Å². The molecule has 3 rings (SSSR count). The largest absolute Gasteiger partial charge is 0.131 e. The molecule has 0 nitrogen and oxygen atoms in total. The van der Waals surface area contributed by atoms with Gasteiger partial charge in [0, 0.05) is 4.90 Å². The van der Waals surface area contributed by atoms with Crippen molar-refractivity contribution in [1.82, 2.24) is 0 Å². The van der Waals surface area contributed by atoms with Gasteiger partial charge < -0.3 is 0 Å². The van der Waals surface area contributed by atoms with E-state index in [1.807, 2.05) is 11.8 Å². The van der Waals surface area contributed by atoms with Gasteiger partial charge in [-0.1, -0.05) is 50.2 Å². The zero-order valence-corrected chi connectivity index (χ0v) is 13.9. The van der Waals surface area contributed by atoms with Gasteiger partial charge in [-0.2, -0.15) is 0 Å². The monoisotopic (exact) mass is 286 g/mol. The molecule has 2 fully saturated rings. The normalized spacial score (nSPS) is 32.4. The standard InChI is InChI=1S/C17H22SSi/c1-19(2,3)13-12-17(15-10-7-11-16(15)17)18-14-8-5-4-6-9-14/h4-6,8-9,15-16H,7,10-11H2,1-3H3. The smallest absolute Gasteiger partial charge is 0.129 e. The summed E-state index contributed by atoms with van der Waals surface area (Å²) in [4.78, 5) is 1.39. The Morgan fingerprint density at radius 3 is 2.32 bits per heavy atom. The number of rotatable bonds is 2. The van der Waals surface area contributed by atoms with Crippen LogP contribution < -0.4 is 0 Å². The van der Waals surface area contributed by atoms with Crippen molar-refractivity contribution in [2.75, 3.05) is 0 Å². The summed E-state index contributed by atoms with van der Waals surface area (Å²) in [5.41, 5.74) is 3.64. The SMILES string of the molecule is C[Si](C)(C)C#CC1(Sc2ccccc2)C2CCCC21. The summed E-state index contributed by atoms with van der Waals surface area (Å²) in [7, 11) is -1.27. The number of benzene rings is 1. The van der Waals surface area contributed by atoms with Gasteiger partial charge in [0.05, 0.1) is 4.75 Å². The summed E-state index contributed by atoms with van der Waals surface area (Å²) in [5.74, 6) is 5.46. The Morgan fingerprint density at radius 2 is 1.74 bits per heavy atom. The molecule has 2 aliphatic carbocycles. The van der Waals surface area contributed by atoms with Crippen molar-refractivity contribution >= 4 is 19.8 Å². The first-order valence-electron chi connectivity index (χ1n) is 7.30. The molecule has 0 aliphatic heterocycles. The highest BCUT2D eigenvalue weighted by Gasteiger charge is 2.66. The van der Waals surface area contributed by atoms with Gasteiger partial charge in [-0.05, 0) is 36.8 Å². The van der Waals surface area contributed by atoms with Crippen LogP contribution in [0.25, 0.3) is 0 Å². The summed E-state index contributed by atoms with van der Waals surface area (Å²) >= 11 is 2.04. The topological polar surface area (TPSA) is 0 Å². The fraction of sp³-hybridized carbons (Fsp3) is 0.529. The van der Waals surface area contributed by atoms with Crippen molar-refractivity contribution in [1.29, 1.82) is 0 Å². The highest BCUT2D eigenvalue weighted by atomic mass is 32.2. The van der Waals surface area contributed by atoms with Crippen molar-refractivity contribution in [3.63, 3.8) is 0 Å². The summed E-state index contributed by atoms with van der Waals surface area (Å²) in [6, 6.07) is 10.8. The molecule has 2 saturated carbocycles. The minimum atomic E-state index is -1.27. The van der Waals surface area contributed by atoms with E-state index >= 15 is 0 Å². The first kappa shape index (κ1) is 13.3. The summed E-state index contributed by atoms with van der Waals surface area (Å²) in [5, 5.41) is 0. The number of thioether (sulfide) groups is 1. The van der Waals surface area contributed by atoms with E-state index in [-0.39, 0.29) is 4.75 Å². The third-order valence-electron chi connectivity index (χ3n) is 4.17. The van der Waals surface area contributed by atoms with Crippen molar-refractivity contribution in [3.05, 3.63) is 30.3 Å². The van der Waals surface area contributed by atoms with Gasteiger partial charge in [0.2, 0.25) is 0 Å². The van der Waals surface area contributed by atoms with Gasteiger partial charge in [0.1, 0.15) is 8.07 Å². The van der Waals surface area contributed by atoms with Crippen molar-refractivity contribution in [3.8, 4) is 11.5 Å². The van der Waals surface area contributed by atoms with E-state index in [4.69, 9.17) is 0 Å². The number of hydrogen-bond donors (Lipinski definition) is 0. The lowest BCUT2D eigenvalue weighted by Crippen LogP contribution is -2.19. The lowest BCUT2D eigenvalue weighted by Gasteiger charge is -2.15. The molecule has 0 amide bonds. The predicted octanol–water partition coefficient (Wildman–Crippen LogP) is 4.83. The molecule has 2 aliphatic rings. The molecule has 1 aromatic carbocycles. The average Bonchev–Trinajstić information content (AvgIpc) is 2.76. The van der Waals surface area contributed by atoms with Gasteiger partial charge in [-0.15, -0.1) is 17.3 Å². The minimum absolute atomic E-state index is 0.264. The maximum Gasteiger partial charge on any atom is 0.129 e. The number of fused-ring (bicyclic) bond motifs is 1. The molecule has 1 aromatic rings. The van der Waals surface area contributed by atoms with Gasteiger partial charge in [0.25, 0.3) is 0 Å². The third kappa shape index (κ3) is 2.64. The van der Waals surface area contributed by atoms with Crippen LogP contribution in [0.15, 0.2) is 35.2 Å². The first-order chi connectivity index (χ1) is 9.01. The van der Waals surface area contributed by atoms with E-state index < -0.39 is 8.07 Å². The van der Waals surface area contributed by atoms with E-state index in [1.165, 1.54) is 24.2 Å². The second-order valence-corrected chi connectivity index (χ2v) is 13.0. The lowest BCUT2D eigenvalue weighted by molar-refractivity contribution is 0.700. The van der Waals surface area contributed by atoms with Crippen LogP contribution in [0, 0.1) is 23.3 Å². The fourth-order valence-corrected chi connectivity index (χ4v) is 5.49. The van der Waals surface area contributed by atoms with Gasteiger partial charge in [0.15, 0.2) is 0 Å². The number of hydrogen-bond acceptors (Lipinski definition) is 1. The summed E-state index contributed by atoms with van der Waals surface area (Å²) in [6.07, 6.45) is 4.21. The molecule has 0 bridgehead atoms. The maximum atomic E-state index is 3.74. The second-order valence-electron chi connectivity index (χ2n) is 6.85. The van der Waals surface area contributed by atoms with Crippen LogP contribution in [0.2, 0.25) is 19.6 Å². The Bertz CT molecular complexity index is 508. The van der Waals surface area contributed by atoms with Crippen molar-refractivity contribution in [2.45, 2.75) is 48.5 Å². The molecule has 2 unspecified atom stereocenters. The summed E-state index contributed by atoms with van der Waals surface area (Å²) in [6.45, 7) is 7.04. The van der Waals surface area contributed by atoms with Crippen LogP contribution >= 0.6 is 11.8 Å². The Balaban J connectivity index is 1.85. The molecule has 0 radical (unpaired) electrons.